The molecule has 0 fully saturated rings. The van der Waals surface area contributed by atoms with Crippen molar-refractivity contribution in [3.8, 4) is 0 Å². The van der Waals surface area contributed by atoms with Crippen LogP contribution in [0.3, 0.4) is 0 Å². The summed E-state index contributed by atoms with van der Waals surface area (Å²) in [4.78, 5) is 27.0. The Morgan fingerprint density at radius 3 is 2.54 bits per heavy atom. The summed E-state index contributed by atoms with van der Waals surface area (Å²) in [6.07, 6.45) is -5.43. The summed E-state index contributed by atoms with van der Waals surface area (Å²) in [6.45, 7) is -1.34. The van der Waals surface area contributed by atoms with Gasteiger partial charge in [0.1, 0.15) is 18.7 Å². The number of nitrogen functional groups attached to an aromatic ring is 1. The van der Waals surface area contributed by atoms with Gasteiger partial charge in [-0.05, 0) is 18.2 Å². The van der Waals surface area contributed by atoms with Crippen molar-refractivity contribution in [2.75, 3.05) is 12.3 Å². The van der Waals surface area contributed by atoms with Crippen molar-refractivity contribution in [3.63, 3.8) is 0 Å². The Labute approximate surface area is 146 Å². The van der Waals surface area contributed by atoms with Crippen LogP contribution in [0.25, 0.3) is 0 Å². The Kier molecular flexibility index (Phi) is 6.75. The van der Waals surface area contributed by atoms with E-state index in [0.717, 1.165) is 4.57 Å². The second-order valence-corrected chi connectivity index (χ2v) is 5.19. The highest BCUT2D eigenvalue weighted by Gasteiger charge is 2.34. The van der Waals surface area contributed by atoms with Crippen molar-refractivity contribution in [1.82, 2.24) is 9.55 Å². The van der Waals surface area contributed by atoms with Crippen LogP contribution in [0.5, 0.6) is 0 Å². The van der Waals surface area contributed by atoms with Gasteiger partial charge in [0.2, 0.25) is 0 Å². The lowest BCUT2D eigenvalue weighted by Crippen LogP contribution is -2.42. The maximum Gasteiger partial charge on any atom is 0.351 e. The Morgan fingerprint density at radius 2 is 1.96 bits per heavy atom. The second-order valence-electron chi connectivity index (χ2n) is 5.19. The standard InChI is InChI=1S/C16H17F2N3O5/c17-14(18)13(26-15(23)10-4-2-1-3-5-10)11(8-22)25-9-21-7-6-12(19)20-16(21)24/h1-7,11,13-14,22H,8-9H2,(H2,19,20,24)/t11-,13+/m1/s1. The molecule has 26 heavy (non-hydrogen) atoms. The molecule has 0 aliphatic heterocycles. The molecule has 1 heterocycles. The van der Waals surface area contributed by atoms with Gasteiger partial charge in [-0.25, -0.2) is 18.4 Å². The predicted octanol–water partition coefficient (Wildman–Crippen LogP) is 0.651. The Hall–Kier alpha value is -2.85. The van der Waals surface area contributed by atoms with Crippen molar-refractivity contribution in [2.45, 2.75) is 25.4 Å². The number of alkyl halides is 2. The molecule has 2 atom stereocenters. The number of nitrogens with two attached hydrogens (primary N) is 1. The van der Waals surface area contributed by atoms with Gasteiger partial charge in [0.05, 0.1) is 12.2 Å². The maximum absolute atomic E-state index is 13.3. The molecule has 1 aromatic heterocycles. The molecule has 0 unspecified atom stereocenters. The van der Waals surface area contributed by atoms with Crippen LogP contribution < -0.4 is 11.4 Å². The summed E-state index contributed by atoms with van der Waals surface area (Å²) in [5.41, 5.74) is 4.67. The van der Waals surface area contributed by atoms with E-state index in [2.05, 4.69) is 4.98 Å². The van der Waals surface area contributed by atoms with E-state index in [-0.39, 0.29) is 11.4 Å². The largest absolute Gasteiger partial charge is 0.450 e. The molecular weight excluding hydrogens is 352 g/mol. The molecule has 1 aromatic carbocycles. The van der Waals surface area contributed by atoms with E-state index in [1.165, 1.54) is 24.4 Å². The van der Waals surface area contributed by atoms with E-state index in [1.807, 2.05) is 0 Å². The van der Waals surface area contributed by atoms with Crippen LogP contribution in [-0.4, -0.2) is 45.9 Å². The van der Waals surface area contributed by atoms with Crippen molar-refractivity contribution in [3.05, 3.63) is 58.6 Å². The molecule has 10 heteroatoms. The summed E-state index contributed by atoms with van der Waals surface area (Å²) in [5.74, 6) is -0.989. The smallest absolute Gasteiger partial charge is 0.351 e. The molecule has 0 amide bonds. The van der Waals surface area contributed by atoms with Gasteiger partial charge in [-0.2, -0.15) is 4.98 Å². The van der Waals surface area contributed by atoms with Gasteiger partial charge in [0.25, 0.3) is 6.43 Å². The predicted molar refractivity (Wildman–Crippen MR) is 86.5 cm³/mol. The molecular formula is C16H17F2N3O5. The molecule has 140 valence electrons. The third kappa shape index (κ3) is 5.07. The van der Waals surface area contributed by atoms with E-state index in [0.29, 0.717) is 0 Å². The second kappa shape index (κ2) is 9.02. The number of hydrogen-bond acceptors (Lipinski definition) is 7. The molecule has 0 saturated carbocycles. The van der Waals surface area contributed by atoms with Crippen molar-refractivity contribution < 1.29 is 28.2 Å². The molecule has 0 bridgehead atoms. The molecule has 0 aliphatic carbocycles. The van der Waals surface area contributed by atoms with Crippen LogP contribution >= 0.6 is 0 Å². The number of esters is 1. The van der Waals surface area contributed by atoms with Crippen LogP contribution in [0.15, 0.2) is 47.4 Å². The molecule has 2 rings (SSSR count). The minimum Gasteiger partial charge on any atom is -0.450 e. The van der Waals surface area contributed by atoms with Crippen molar-refractivity contribution in [1.29, 1.82) is 0 Å². The first-order chi connectivity index (χ1) is 12.4. The van der Waals surface area contributed by atoms with Crippen molar-refractivity contribution in [2.24, 2.45) is 0 Å². The third-order valence-electron chi connectivity index (χ3n) is 3.37. The number of ether oxygens (including phenoxy) is 2. The van der Waals surface area contributed by atoms with Gasteiger partial charge in [0.15, 0.2) is 6.10 Å². The number of benzene rings is 1. The van der Waals surface area contributed by atoms with Gasteiger partial charge in [0, 0.05) is 6.20 Å². The van der Waals surface area contributed by atoms with E-state index in [1.54, 1.807) is 18.2 Å². The van der Waals surface area contributed by atoms with Gasteiger partial charge in [-0.1, -0.05) is 18.2 Å². The number of aliphatic hydroxyl groups excluding tert-OH is 1. The number of carbonyl (C=O) groups excluding carboxylic acids is 1. The molecule has 8 nitrogen and oxygen atoms in total. The summed E-state index contributed by atoms with van der Waals surface area (Å²) in [7, 11) is 0. The van der Waals surface area contributed by atoms with E-state index in [4.69, 9.17) is 15.2 Å². The minimum atomic E-state index is -3.11. The van der Waals surface area contributed by atoms with E-state index in [9.17, 15) is 23.5 Å². The summed E-state index contributed by atoms with van der Waals surface area (Å²) < 4.78 is 37.5. The first kappa shape index (κ1) is 19.5. The molecule has 3 N–H and O–H groups in total. The molecule has 0 saturated heterocycles. The normalized spacial score (nSPS) is 13.4. The Balaban J connectivity index is 2.08. The molecule has 0 aliphatic rings. The van der Waals surface area contributed by atoms with Gasteiger partial charge < -0.3 is 20.3 Å². The zero-order valence-electron chi connectivity index (χ0n) is 13.5. The number of anilines is 1. The molecule has 0 spiro atoms. The Bertz CT molecular complexity index is 785. The first-order valence-corrected chi connectivity index (χ1v) is 7.52. The van der Waals surface area contributed by atoms with Crippen LogP contribution in [0.2, 0.25) is 0 Å². The number of nitrogens with zero attached hydrogens (tertiary/aromatic N) is 2. The quantitative estimate of drug-likeness (QED) is 0.656. The number of aromatic nitrogens is 2. The average Bonchev–Trinajstić information content (AvgIpc) is 2.63. The number of rotatable bonds is 8. The lowest BCUT2D eigenvalue weighted by Gasteiger charge is -2.25. The highest BCUT2D eigenvalue weighted by Crippen LogP contribution is 2.16. The lowest BCUT2D eigenvalue weighted by atomic mass is 10.2. The SMILES string of the molecule is Nc1ccn(CO[C@H](CO)[C@H](OC(=O)c2ccccc2)C(F)F)c(=O)n1. The summed E-state index contributed by atoms with van der Waals surface area (Å²) in [5, 5.41) is 9.35. The molecule has 2 aromatic rings. The fourth-order valence-electron chi connectivity index (χ4n) is 2.02. The number of carbonyl (C=O) groups is 1. The average molecular weight is 369 g/mol. The maximum atomic E-state index is 13.3. The third-order valence-corrected chi connectivity index (χ3v) is 3.37. The van der Waals surface area contributed by atoms with Crippen LogP contribution in [0.1, 0.15) is 10.4 Å². The van der Waals surface area contributed by atoms with Gasteiger partial charge in [-0.3, -0.25) is 4.57 Å². The zero-order valence-corrected chi connectivity index (χ0v) is 13.5. The number of hydrogen-bond donors (Lipinski definition) is 2. The monoisotopic (exact) mass is 369 g/mol. The topological polar surface area (TPSA) is 117 Å². The minimum absolute atomic E-state index is 0.00722. The summed E-state index contributed by atoms with van der Waals surface area (Å²) >= 11 is 0. The van der Waals surface area contributed by atoms with E-state index >= 15 is 0 Å². The number of halogens is 2. The van der Waals surface area contributed by atoms with Gasteiger partial charge in [-0.15, -0.1) is 0 Å². The highest BCUT2D eigenvalue weighted by molar-refractivity contribution is 5.89. The lowest BCUT2D eigenvalue weighted by molar-refractivity contribution is -0.138. The van der Waals surface area contributed by atoms with Crippen molar-refractivity contribution >= 4 is 11.8 Å². The van der Waals surface area contributed by atoms with Gasteiger partial charge >= 0.3 is 11.7 Å². The van der Waals surface area contributed by atoms with Crippen LogP contribution in [-0.2, 0) is 16.2 Å². The number of aliphatic hydroxyl groups is 1. The summed E-state index contributed by atoms with van der Waals surface area (Å²) in [6, 6.07) is 8.87. The highest BCUT2D eigenvalue weighted by atomic mass is 19.3. The fraction of sp³-hybridized carbons (Fsp3) is 0.312. The van der Waals surface area contributed by atoms with Crippen LogP contribution in [0.4, 0.5) is 14.6 Å². The first-order valence-electron chi connectivity index (χ1n) is 7.52. The molecule has 0 radical (unpaired) electrons. The zero-order chi connectivity index (χ0) is 19.1. The van der Waals surface area contributed by atoms with Crippen LogP contribution in [0, 0.1) is 0 Å². The van der Waals surface area contributed by atoms with E-state index < -0.39 is 43.6 Å². The fourth-order valence-corrected chi connectivity index (χ4v) is 2.02. The Morgan fingerprint density at radius 1 is 1.27 bits per heavy atom.